The molecule has 4 N–H and O–H groups in total. The van der Waals surface area contributed by atoms with Gasteiger partial charge in [-0.05, 0) is 74.5 Å². The molecule has 2 aliphatic heterocycles. The summed E-state index contributed by atoms with van der Waals surface area (Å²) >= 11 is 0. The van der Waals surface area contributed by atoms with Crippen LogP contribution < -0.4 is 5.32 Å². The second-order valence-corrected chi connectivity index (χ2v) is 13.4. The zero-order chi connectivity index (χ0) is 29.6. The number of phenols is 1. The number of rotatable bonds is 7. The van der Waals surface area contributed by atoms with Gasteiger partial charge in [0.25, 0.3) is 0 Å². The number of piperidine rings is 1. The minimum absolute atomic E-state index is 0.00601. The lowest BCUT2D eigenvalue weighted by Crippen LogP contribution is -2.59. The predicted octanol–water partition coefficient (Wildman–Crippen LogP) is 4.78. The average Bonchev–Trinajstić information content (AvgIpc) is 3.34. The minimum Gasteiger partial charge on any atom is -0.507 e. The Bertz CT molecular complexity index is 1430. The van der Waals surface area contributed by atoms with Gasteiger partial charge in [0.15, 0.2) is 11.3 Å². The lowest BCUT2D eigenvalue weighted by atomic mass is 9.60. The number of benzene rings is 1. The fourth-order valence-corrected chi connectivity index (χ4v) is 7.62. The number of phenolic OH excluding ortho intramolecular Hbond substituents is 1. The first kappa shape index (κ1) is 28.7. The van der Waals surface area contributed by atoms with Crippen molar-refractivity contribution in [3.63, 3.8) is 0 Å². The number of aliphatic hydroxyl groups is 1. The van der Waals surface area contributed by atoms with Gasteiger partial charge in [-0.2, -0.15) is 5.10 Å². The quantitative estimate of drug-likeness (QED) is 0.312. The van der Waals surface area contributed by atoms with Crippen molar-refractivity contribution in [3.8, 4) is 17.0 Å². The van der Waals surface area contributed by atoms with Crippen LogP contribution in [-0.2, 0) is 0 Å². The monoisotopic (exact) mass is 577 g/mol. The molecule has 1 aliphatic carbocycles. The highest BCUT2D eigenvalue weighted by Gasteiger charge is 2.49. The van der Waals surface area contributed by atoms with Crippen LogP contribution in [0.4, 0.5) is 10.6 Å². The van der Waals surface area contributed by atoms with Crippen molar-refractivity contribution in [1.82, 2.24) is 29.8 Å². The van der Waals surface area contributed by atoms with Gasteiger partial charge in [-0.3, -0.25) is 9.58 Å². The average molecular weight is 578 g/mol. The van der Waals surface area contributed by atoms with Crippen LogP contribution in [0.1, 0.15) is 64.8 Å². The van der Waals surface area contributed by atoms with Gasteiger partial charge in [0.05, 0.1) is 17.3 Å². The molecule has 1 atom stereocenters. The molecule has 0 bridgehead atoms. The van der Waals surface area contributed by atoms with E-state index >= 15 is 0 Å². The summed E-state index contributed by atoms with van der Waals surface area (Å²) in [6.07, 6.45) is 5.50. The summed E-state index contributed by atoms with van der Waals surface area (Å²) < 4.78 is 2.04. The molecule has 0 radical (unpaired) electrons. The number of anilines is 1. The number of carbonyl (C=O) groups is 1. The summed E-state index contributed by atoms with van der Waals surface area (Å²) in [5.74, 6) is 1.37. The molecule has 1 spiro atoms. The third-order valence-corrected chi connectivity index (χ3v) is 10.3. The summed E-state index contributed by atoms with van der Waals surface area (Å²) in [7, 11) is 1.83. The van der Waals surface area contributed by atoms with Crippen LogP contribution in [0.25, 0.3) is 22.3 Å². The Morgan fingerprint density at radius 3 is 2.45 bits per heavy atom. The van der Waals surface area contributed by atoms with E-state index < -0.39 is 12.3 Å². The van der Waals surface area contributed by atoms with E-state index in [1.54, 1.807) is 12.1 Å². The molecule has 3 fully saturated rings. The van der Waals surface area contributed by atoms with Crippen LogP contribution in [-0.4, -0.2) is 90.6 Å². The van der Waals surface area contributed by atoms with Crippen LogP contribution in [0.5, 0.6) is 5.75 Å². The number of nitrogens with zero attached hydrogens (tertiary/aromatic N) is 6. The second kappa shape index (κ2) is 11.0. The smallest absolute Gasteiger partial charge is 0.407 e. The Balaban J connectivity index is 1.08. The van der Waals surface area contributed by atoms with Crippen molar-refractivity contribution >= 4 is 22.9 Å². The van der Waals surface area contributed by atoms with Crippen molar-refractivity contribution in [1.29, 1.82) is 0 Å². The molecule has 3 aromatic rings. The maximum absolute atomic E-state index is 11.3. The minimum atomic E-state index is -0.802. The number of para-hydroxylation sites is 1. The number of hydrogen-bond donors (Lipinski definition) is 4. The number of aromatic nitrogens is 4. The molecule has 6 rings (SSSR count). The fraction of sp³-hybridized carbons (Fsp3) is 0.613. The van der Waals surface area contributed by atoms with Crippen LogP contribution in [0.15, 0.2) is 30.3 Å². The van der Waals surface area contributed by atoms with Gasteiger partial charge in [0, 0.05) is 44.2 Å². The summed E-state index contributed by atoms with van der Waals surface area (Å²) in [4.78, 5) is 15.0. The summed E-state index contributed by atoms with van der Waals surface area (Å²) in [6, 6.07) is 9.24. The molecule has 226 valence electrons. The highest BCUT2D eigenvalue weighted by Crippen LogP contribution is 2.51. The molecule has 11 heteroatoms. The topological polar surface area (TPSA) is 140 Å². The zero-order valence-corrected chi connectivity index (χ0v) is 24.8. The van der Waals surface area contributed by atoms with Gasteiger partial charge in [-0.25, -0.2) is 4.79 Å². The normalized spacial score (nSPS) is 21.0. The maximum Gasteiger partial charge on any atom is 0.407 e. The molecule has 2 saturated heterocycles. The SMILES string of the molecule is CNc1nn(C2CCN(C(O)CC(C)(C)C3CCC4(CC3)CN(C(=O)O)C4)CC2)c2cc(-c3ccccc3O)nnc12. The Kier molecular flexibility index (Phi) is 7.51. The Morgan fingerprint density at radius 1 is 1.12 bits per heavy atom. The first-order valence-corrected chi connectivity index (χ1v) is 15.2. The molecule has 4 heterocycles. The number of carboxylic acid groups (broad SMARTS) is 1. The van der Waals surface area contributed by atoms with Crippen molar-refractivity contribution in [3.05, 3.63) is 30.3 Å². The maximum atomic E-state index is 11.3. The number of hydrogen-bond acceptors (Lipinski definition) is 8. The van der Waals surface area contributed by atoms with E-state index in [-0.39, 0.29) is 22.6 Å². The largest absolute Gasteiger partial charge is 0.507 e. The summed E-state index contributed by atoms with van der Waals surface area (Å²) in [6.45, 7) is 7.49. The molecule has 11 nitrogen and oxygen atoms in total. The number of amides is 1. The Hall–Kier alpha value is -3.44. The third kappa shape index (κ3) is 5.28. The fourth-order valence-electron chi connectivity index (χ4n) is 7.62. The van der Waals surface area contributed by atoms with Crippen molar-refractivity contribution in [2.24, 2.45) is 16.7 Å². The number of fused-ring (bicyclic) bond motifs is 1. The zero-order valence-electron chi connectivity index (χ0n) is 24.8. The van der Waals surface area contributed by atoms with E-state index in [9.17, 15) is 20.1 Å². The Morgan fingerprint density at radius 2 is 1.81 bits per heavy atom. The first-order chi connectivity index (χ1) is 20.1. The summed E-state index contributed by atoms with van der Waals surface area (Å²) in [5, 5.41) is 47.7. The van der Waals surface area contributed by atoms with E-state index in [0.29, 0.717) is 41.6 Å². The van der Waals surface area contributed by atoms with Gasteiger partial charge < -0.3 is 25.5 Å². The second-order valence-electron chi connectivity index (χ2n) is 13.4. The van der Waals surface area contributed by atoms with E-state index in [2.05, 4.69) is 34.3 Å². The van der Waals surface area contributed by atoms with Crippen molar-refractivity contribution in [2.45, 2.75) is 71.1 Å². The van der Waals surface area contributed by atoms with Gasteiger partial charge in [0.1, 0.15) is 12.0 Å². The Labute approximate surface area is 246 Å². The number of aliphatic hydroxyl groups excluding tert-OH is 1. The van der Waals surface area contributed by atoms with Gasteiger partial charge in [0.2, 0.25) is 0 Å². The predicted molar refractivity (Wildman–Crippen MR) is 160 cm³/mol. The number of likely N-dealkylation sites (tertiary alicyclic amines) is 2. The van der Waals surface area contributed by atoms with Crippen LogP contribution in [0.2, 0.25) is 0 Å². The molecule has 42 heavy (non-hydrogen) atoms. The molecular weight excluding hydrogens is 534 g/mol. The highest BCUT2D eigenvalue weighted by atomic mass is 16.4. The number of aromatic hydroxyl groups is 1. The lowest BCUT2D eigenvalue weighted by Gasteiger charge is -2.54. The van der Waals surface area contributed by atoms with Gasteiger partial charge in [-0.15, -0.1) is 10.2 Å². The van der Waals surface area contributed by atoms with Crippen LogP contribution in [0.3, 0.4) is 0 Å². The molecule has 1 unspecified atom stereocenters. The molecular formula is C31H43N7O4. The van der Waals surface area contributed by atoms with Gasteiger partial charge in [-0.1, -0.05) is 26.0 Å². The van der Waals surface area contributed by atoms with E-state index in [1.165, 1.54) is 4.90 Å². The summed E-state index contributed by atoms with van der Waals surface area (Å²) in [5.41, 5.74) is 3.00. The lowest BCUT2D eigenvalue weighted by molar-refractivity contribution is -0.0718. The number of nitrogens with one attached hydrogen (secondary N) is 1. The third-order valence-electron chi connectivity index (χ3n) is 10.3. The van der Waals surface area contributed by atoms with E-state index in [4.69, 9.17) is 5.10 Å². The van der Waals surface area contributed by atoms with Crippen molar-refractivity contribution < 1.29 is 20.1 Å². The van der Waals surface area contributed by atoms with Gasteiger partial charge >= 0.3 is 6.09 Å². The van der Waals surface area contributed by atoms with Crippen LogP contribution in [0, 0.1) is 16.7 Å². The van der Waals surface area contributed by atoms with Crippen LogP contribution >= 0.6 is 0 Å². The standard InChI is InChI=1S/C31H43N7O4/c1-30(2,20-8-12-31(13-9-20)18-37(19-31)29(41)42)17-26(40)36-14-10-21(11-15-36)38-24-16-23(22-6-4-5-7-25(22)39)33-34-27(24)28(32-3)35-38/h4-7,16,20-21,26,39-40H,8-15,17-19H2,1-3H3,(H,32,35)(H,41,42). The van der Waals surface area contributed by atoms with E-state index in [0.717, 1.165) is 63.6 Å². The molecule has 2 aromatic heterocycles. The van der Waals surface area contributed by atoms with Crippen molar-refractivity contribution in [2.75, 3.05) is 38.5 Å². The van der Waals surface area contributed by atoms with E-state index in [1.807, 2.05) is 29.9 Å². The molecule has 1 saturated carbocycles. The molecule has 1 aromatic carbocycles. The molecule has 1 amide bonds. The first-order valence-electron chi connectivity index (χ1n) is 15.2. The highest BCUT2D eigenvalue weighted by molar-refractivity contribution is 5.88. The molecule has 3 aliphatic rings.